The normalized spacial score (nSPS) is 12.7. The molecule has 2 aromatic carbocycles. The van der Waals surface area contributed by atoms with Gasteiger partial charge in [0, 0.05) is 56.9 Å². The first kappa shape index (κ1) is 32.2. The van der Waals surface area contributed by atoms with Crippen LogP contribution >= 0.6 is 0 Å². The van der Waals surface area contributed by atoms with E-state index in [9.17, 15) is 23.6 Å². The van der Waals surface area contributed by atoms with Crippen molar-refractivity contribution in [3.05, 3.63) is 111 Å². The van der Waals surface area contributed by atoms with Crippen LogP contribution in [0.3, 0.4) is 0 Å². The van der Waals surface area contributed by atoms with Gasteiger partial charge in [-0.25, -0.2) is 18.1 Å². The number of nitrogens with zero attached hydrogens (tertiary/aromatic N) is 5. The van der Waals surface area contributed by atoms with Crippen LogP contribution in [0.5, 0.6) is 11.5 Å². The van der Waals surface area contributed by atoms with Crippen molar-refractivity contribution >= 4 is 17.5 Å². The van der Waals surface area contributed by atoms with Crippen molar-refractivity contribution in [1.29, 1.82) is 0 Å². The lowest BCUT2D eigenvalue weighted by Gasteiger charge is -2.19. The average molecular weight is 633 g/mol. The van der Waals surface area contributed by atoms with Gasteiger partial charge in [-0.2, -0.15) is 0 Å². The number of aromatic nitrogens is 3. The maximum atomic E-state index is 15.1. The first-order chi connectivity index (χ1) is 22.0. The molecule has 5 rings (SSSR count). The summed E-state index contributed by atoms with van der Waals surface area (Å²) in [6, 6.07) is 11.6. The molecular formula is C33H34F2N6O5. The standard InChI is InChI=1S/C33H34F2N6O5/c1-38(2)14-15-39(3)30(42)18-24-16-26(12-13-36-24)46-29-11-8-23(17-28(29)35)37-31(43)27-20-40(19-21-4-5-21)33(45)41(32(27)44)25-9-6-22(34)7-10-25/h6-13,16-17,20-21H,4-5,14-15,18-19H2,1-3H3,(H,37,43). The Balaban J connectivity index is 1.32. The largest absolute Gasteiger partial charge is 0.454 e. The number of hydrogen-bond acceptors (Lipinski definition) is 7. The number of likely N-dealkylation sites (N-methyl/N-ethyl adjacent to an activating group) is 2. The van der Waals surface area contributed by atoms with Crippen molar-refractivity contribution in [3.8, 4) is 17.2 Å². The number of hydrogen-bond donors (Lipinski definition) is 1. The topological polar surface area (TPSA) is 119 Å². The third kappa shape index (κ3) is 7.91. The fraction of sp³-hybridized carbons (Fsp3) is 0.303. The second-order valence-corrected chi connectivity index (χ2v) is 11.5. The summed E-state index contributed by atoms with van der Waals surface area (Å²) in [5, 5.41) is 2.51. The Bertz CT molecular complexity index is 1870. The van der Waals surface area contributed by atoms with Crippen LogP contribution in [0.2, 0.25) is 0 Å². The fourth-order valence-electron chi connectivity index (χ4n) is 4.65. The quantitative estimate of drug-likeness (QED) is 0.253. The molecule has 4 aromatic rings. The molecule has 240 valence electrons. The maximum Gasteiger partial charge on any atom is 0.335 e. The first-order valence-electron chi connectivity index (χ1n) is 14.7. The molecule has 0 aliphatic heterocycles. The third-order valence-corrected chi connectivity index (χ3v) is 7.48. The van der Waals surface area contributed by atoms with Crippen LogP contribution in [-0.4, -0.2) is 70.0 Å². The lowest BCUT2D eigenvalue weighted by Crippen LogP contribution is -2.42. The molecule has 2 heterocycles. The zero-order valence-electron chi connectivity index (χ0n) is 25.7. The summed E-state index contributed by atoms with van der Waals surface area (Å²) in [6.07, 6.45) is 4.56. The molecule has 46 heavy (non-hydrogen) atoms. The van der Waals surface area contributed by atoms with Crippen LogP contribution < -0.4 is 21.3 Å². The maximum absolute atomic E-state index is 15.1. The van der Waals surface area contributed by atoms with Gasteiger partial charge in [-0.05, 0) is 75.3 Å². The molecule has 0 radical (unpaired) electrons. The zero-order chi connectivity index (χ0) is 33.0. The minimum Gasteiger partial charge on any atom is -0.454 e. The summed E-state index contributed by atoms with van der Waals surface area (Å²) < 4.78 is 36.5. The molecule has 2 amide bonds. The predicted molar refractivity (Wildman–Crippen MR) is 168 cm³/mol. The highest BCUT2D eigenvalue weighted by Gasteiger charge is 2.25. The van der Waals surface area contributed by atoms with Crippen molar-refractivity contribution in [3.63, 3.8) is 0 Å². The lowest BCUT2D eigenvalue weighted by molar-refractivity contribution is -0.129. The lowest BCUT2D eigenvalue weighted by atomic mass is 10.2. The SMILES string of the molecule is CN(C)CCN(C)C(=O)Cc1cc(Oc2ccc(NC(=O)c3cn(CC4CC4)c(=O)n(-c4ccc(F)cc4)c3=O)cc2F)ccn1. The number of carbonyl (C=O) groups excluding carboxylic acids is 2. The number of benzene rings is 2. The van der Waals surface area contributed by atoms with Crippen molar-refractivity contribution in [2.24, 2.45) is 5.92 Å². The van der Waals surface area contributed by atoms with Gasteiger partial charge in [0.15, 0.2) is 11.6 Å². The Hall–Kier alpha value is -5.17. The Kier molecular flexibility index (Phi) is 9.71. The highest BCUT2D eigenvalue weighted by Crippen LogP contribution is 2.30. The second kappa shape index (κ2) is 13.9. The molecule has 1 fully saturated rings. The van der Waals surface area contributed by atoms with Gasteiger partial charge in [0.05, 0.1) is 17.8 Å². The number of amides is 2. The minimum atomic E-state index is -0.891. The molecule has 1 N–H and O–H groups in total. The monoisotopic (exact) mass is 632 g/mol. The average Bonchev–Trinajstić information content (AvgIpc) is 3.84. The summed E-state index contributed by atoms with van der Waals surface area (Å²) in [5.41, 5.74) is -1.26. The molecule has 0 saturated heterocycles. The summed E-state index contributed by atoms with van der Waals surface area (Å²) in [7, 11) is 5.56. The molecular weight excluding hydrogens is 598 g/mol. The molecule has 1 saturated carbocycles. The molecule has 0 unspecified atom stereocenters. The van der Waals surface area contributed by atoms with Gasteiger partial charge >= 0.3 is 5.69 Å². The second-order valence-electron chi connectivity index (χ2n) is 11.5. The van der Waals surface area contributed by atoms with Crippen LogP contribution in [0.1, 0.15) is 28.9 Å². The van der Waals surface area contributed by atoms with E-state index in [0.29, 0.717) is 18.8 Å². The molecule has 1 aliphatic rings. The van der Waals surface area contributed by atoms with E-state index in [1.165, 1.54) is 47.3 Å². The number of rotatable bonds is 12. The predicted octanol–water partition coefficient (Wildman–Crippen LogP) is 3.69. The highest BCUT2D eigenvalue weighted by molar-refractivity contribution is 6.03. The van der Waals surface area contributed by atoms with Crippen LogP contribution in [0, 0.1) is 17.6 Å². The van der Waals surface area contributed by atoms with Gasteiger partial charge in [-0.1, -0.05) is 0 Å². The van der Waals surface area contributed by atoms with Crippen molar-refractivity contribution in [2.75, 3.05) is 39.5 Å². The Morgan fingerprint density at radius 2 is 1.74 bits per heavy atom. The third-order valence-electron chi connectivity index (χ3n) is 7.48. The van der Waals surface area contributed by atoms with Gasteiger partial charge in [-0.3, -0.25) is 23.9 Å². The molecule has 0 spiro atoms. The molecule has 1 aliphatic carbocycles. The summed E-state index contributed by atoms with van der Waals surface area (Å²) in [6.45, 7) is 1.60. The number of halogens is 2. The highest BCUT2D eigenvalue weighted by atomic mass is 19.1. The van der Waals surface area contributed by atoms with E-state index < -0.39 is 28.8 Å². The molecule has 0 bridgehead atoms. The smallest absolute Gasteiger partial charge is 0.335 e. The molecule has 0 atom stereocenters. The summed E-state index contributed by atoms with van der Waals surface area (Å²) in [5.74, 6) is -1.93. The van der Waals surface area contributed by atoms with Crippen molar-refractivity contribution in [2.45, 2.75) is 25.8 Å². The Morgan fingerprint density at radius 1 is 1.00 bits per heavy atom. The van der Waals surface area contributed by atoms with E-state index in [2.05, 4.69) is 10.3 Å². The van der Waals surface area contributed by atoms with E-state index in [1.54, 1.807) is 18.0 Å². The number of pyridine rings is 1. The van der Waals surface area contributed by atoms with E-state index in [-0.39, 0.29) is 46.7 Å². The van der Waals surface area contributed by atoms with Crippen molar-refractivity contribution in [1.82, 2.24) is 23.9 Å². The molecule has 2 aromatic heterocycles. The van der Waals surface area contributed by atoms with Gasteiger partial charge in [0.25, 0.3) is 11.5 Å². The summed E-state index contributed by atoms with van der Waals surface area (Å²) in [4.78, 5) is 60.2. The Labute approximate surface area is 263 Å². The fourth-order valence-corrected chi connectivity index (χ4v) is 4.65. The van der Waals surface area contributed by atoms with Crippen LogP contribution in [0.4, 0.5) is 14.5 Å². The number of anilines is 1. The van der Waals surface area contributed by atoms with Crippen LogP contribution in [-0.2, 0) is 17.8 Å². The number of carbonyl (C=O) groups is 2. The summed E-state index contributed by atoms with van der Waals surface area (Å²) >= 11 is 0. The van der Waals surface area contributed by atoms with Gasteiger partial charge < -0.3 is 19.9 Å². The van der Waals surface area contributed by atoms with E-state index >= 15 is 4.39 Å². The zero-order valence-corrected chi connectivity index (χ0v) is 25.7. The first-order valence-corrected chi connectivity index (χ1v) is 14.7. The Morgan fingerprint density at radius 3 is 2.41 bits per heavy atom. The van der Waals surface area contributed by atoms with Gasteiger partial charge in [0.1, 0.15) is 17.1 Å². The van der Waals surface area contributed by atoms with E-state index in [1.807, 2.05) is 19.0 Å². The van der Waals surface area contributed by atoms with Gasteiger partial charge in [0.2, 0.25) is 5.91 Å². The van der Waals surface area contributed by atoms with Crippen molar-refractivity contribution < 1.29 is 23.1 Å². The number of nitrogens with one attached hydrogen (secondary N) is 1. The minimum absolute atomic E-state index is 0.0456. The van der Waals surface area contributed by atoms with Crippen LogP contribution in [0.25, 0.3) is 5.69 Å². The molecule has 11 nitrogen and oxygen atoms in total. The molecule has 13 heteroatoms. The van der Waals surface area contributed by atoms with E-state index in [4.69, 9.17) is 4.74 Å². The van der Waals surface area contributed by atoms with E-state index in [0.717, 1.165) is 42.2 Å². The van der Waals surface area contributed by atoms with Gasteiger partial charge in [-0.15, -0.1) is 0 Å². The number of ether oxygens (including phenoxy) is 1. The van der Waals surface area contributed by atoms with Crippen LogP contribution in [0.15, 0.2) is 76.6 Å².